The molecule has 0 saturated heterocycles. The van der Waals surface area contributed by atoms with Crippen LogP contribution in [0, 0.1) is 0 Å². The Kier molecular flexibility index (Phi) is 4.51. The van der Waals surface area contributed by atoms with Crippen molar-refractivity contribution in [3.05, 3.63) is 23.8 Å². The summed E-state index contributed by atoms with van der Waals surface area (Å²) in [5, 5.41) is 11.0. The molecule has 0 aliphatic carbocycles. The van der Waals surface area contributed by atoms with Gasteiger partial charge in [-0.15, -0.1) is 0 Å². The van der Waals surface area contributed by atoms with Gasteiger partial charge in [-0.3, -0.25) is 9.59 Å². The SMILES string of the molecule is CCc1ccc(OC)c(NC(=O)CC(=O)O)c1. The molecule has 0 saturated carbocycles. The average Bonchev–Trinajstić information content (AvgIpc) is 2.27. The summed E-state index contributed by atoms with van der Waals surface area (Å²) < 4.78 is 5.09. The Balaban J connectivity index is 2.87. The van der Waals surface area contributed by atoms with Crippen molar-refractivity contribution in [1.82, 2.24) is 0 Å². The van der Waals surface area contributed by atoms with Gasteiger partial charge in [0, 0.05) is 0 Å². The Bertz CT molecular complexity index is 429. The molecule has 0 unspecified atom stereocenters. The van der Waals surface area contributed by atoms with Crippen molar-refractivity contribution >= 4 is 17.6 Å². The van der Waals surface area contributed by atoms with Gasteiger partial charge in [0.1, 0.15) is 12.2 Å². The molecule has 0 aromatic heterocycles. The van der Waals surface area contributed by atoms with Crippen molar-refractivity contribution in [3.63, 3.8) is 0 Å². The highest BCUT2D eigenvalue weighted by atomic mass is 16.5. The first-order valence-corrected chi connectivity index (χ1v) is 5.25. The topological polar surface area (TPSA) is 75.6 Å². The van der Waals surface area contributed by atoms with Gasteiger partial charge in [-0.05, 0) is 24.1 Å². The molecule has 1 aromatic rings. The van der Waals surface area contributed by atoms with Crippen LogP contribution in [0.15, 0.2) is 18.2 Å². The smallest absolute Gasteiger partial charge is 0.312 e. The number of hydrogen-bond acceptors (Lipinski definition) is 3. The van der Waals surface area contributed by atoms with Crippen LogP contribution >= 0.6 is 0 Å². The predicted octanol–water partition coefficient (Wildman–Crippen LogP) is 1.67. The molecule has 0 aliphatic rings. The maximum absolute atomic E-state index is 11.3. The van der Waals surface area contributed by atoms with Crippen LogP contribution < -0.4 is 10.1 Å². The highest BCUT2D eigenvalue weighted by Crippen LogP contribution is 2.25. The van der Waals surface area contributed by atoms with Crippen molar-refractivity contribution in [3.8, 4) is 5.75 Å². The number of aryl methyl sites for hydroxylation is 1. The van der Waals surface area contributed by atoms with Gasteiger partial charge in [0.05, 0.1) is 12.8 Å². The molecule has 0 bridgehead atoms. The number of aliphatic carboxylic acids is 1. The van der Waals surface area contributed by atoms with Gasteiger partial charge in [0.25, 0.3) is 0 Å². The van der Waals surface area contributed by atoms with Crippen molar-refractivity contribution in [1.29, 1.82) is 0 Å². The van der Waals surface area contributed by atoms with E-state index in [9.17, 15) is 9.59 Å². The van der Waals surface area contributed by atoms with Gasteiger partial charge in [0.2, 0.25) is 5.91 Å². The lowest BCUT2D eigenvalue weighted by Crippen LogP contribution is -2.16. The maximum Gasteiger partial charge on any atom is 0.312 e. The van der Waals surface area contributed by atoms with Gasteiger partial charge >= 0.3 is 5.97 Å². The number of benzene rings is 1. The van der Waals surface area contributed by atoms with E-state index in [0.717, 1.165) is 12.0 Å². The van der Waals surface area contributed by atoms with Crippen LogP contribution in [0.25, 0.3) is 0 Å². The monoisotopic (exact) mass is 237 g/mol. The van der Waals surface area contributed by atoms with Crippen LogP contribution in [0.3, 0.4) is 0 Å². The van der Waals surface area contributed by atoms with E-state index in [1.54, 1.807) is 12.1 Å². The van der Waals surface area contributed by atoms with Gasteiger partial charge in [0.15, 0.2) is 0 Å². The number of methoxy groups -OCH3 is 1. The third kappa shape index (κ3) is 3.79. The van der Waals surface area contributed by atoms with E-state index in [1.165, 1.54) is 7.11 Å². The second-order valence-corrected chi connectivity index (χ2v) is 3.51. The van der Waals surface area contributed by atoms with Gasteiger partial charge < -0.3 is 15.2 Å². The Labute approximate surface area is 99.4 Å². The molecule has 17 heavy (non-hydrogen) atoms. The minimum atomic E-state index is -1.16. The van der Waals surface area contributed by atoms with Crippen LogP contribution in [0.5, 0.6) is 5.75 Å². The van der Waals surface area contributed by atoms with Crippen molar-refractivity contribution in [2.24, 2.45) is 0 Å². The van der Waals surface area contributed by atoms with Gasteiger partial charge in [-0.1, -0.05) is 13.0 Å². The summed E-state index contributed by atoms with van der Waals surface area (Å²) in [7, 11) is 1.49. The highest BCUT2D eigenvalue weighted by molar-refractivity contribution is 6.02. The third-order valence-electron chi connectivity index (χ3n) is 2.26. The first kappa shape index (κ1) is 13.0. The number of anilines is 1. The van der Waals surface area contributed by atoms with E-state index in [1.807, 2.05) is 13.0 Å². The van der Waals surface area contributed by atoms with E-state index in [4.69, 9.17) is 9.84 Å². The molecule has 92 valence electrons. The first-order valence-electron chi connectivity index (χ1n) is 5.25. The average molecular weight is 237 g/mol. The maximum atomic E-state index is 11.3. The zero-order valence-electron chi connectivity index (χ0n) is 9.82. The molecule has 0 atom stereocenters. The number of nitrogens with one attached hydrogen (secondary N) is 1. The summed E-state index contributed by atoms with van der Waals surface area (Å²) in [4.78, 5) is 21.7. The standard InChI is InChI=1S/C12H15NO4/c1-3-8-4-5-10(17-2)9(6-8)13-11(14)7-12(15)16/h4-6H,3,7H2,1-2H3,(H,13,14)(H,15,16). The Morgan fingerprint density at radius 3 is 2.65 bits per heavy atom. The number of carbonyl (C=O) groups excluding carboxylic acids is 1. The van der Waals surface area contributed by atoms with E-state index >= 15 is 0 Å². The molecule has 0 radical (unpaired) electrons. The van der Waals surface area contributed by atoms with Crippen LogP contribution in [0.2, 0.25) is 0 Å². The van der Waals surface area contributed by atoms with E-state index in [-0.39, 0.29) is 0 Å². The second kappa shape index (κ2) is 5.89. The van der Waals surface area contributed by atoms with E-state index in [0.29, 0.717) is 11.4 Å². The quantitative estimate of drug-likeness (QED) is 0.764. The molecule has 1 rings (SSSR count). The van der Waals surface area contributed by atoms with Crippen LogP contribution in [-0.2, 0) is 16.0 Å². The van der Waals surface area contributed by atoms with Crippen molar-refractivity contribution < 1.29 is 19.4 Å². The fraction of sp³-hybridized carbons (Fsp3) is 0.333. The Hall–Kier alpha value is -2.04. The molecule has 5 heteroatoms. The number of carboxylic acids is 1. The lowest BCUT2D eigenvalue weighted by atomic mass is 10.1. The molecule has 1 aromatic carbocycles. The summed E-state index contributed by atoms with van der Waals surface area (Å²) in [5.41, 5.74) is 1.54. The summed E-state index contributed by atoms with van der Waals surface area (Å²) in [6, 6.07) is 5.42. The number of carbonyl (C=O) groups is 2. The molecule has 2 N–H and O–H groups in total. The molecule has 5 nitrogen and oxygen atoms in total. The number of ether oxygens (including phenoxy) is 1. The molecule has 0 spiro atoms. The van der Waals surface area contributed by atoms with Gasteiger partial charge in [-0.2, -0.15) is 0 Å². The Morgan fingerprint density at radius 2 is 2.12 bits per heavy atom. The second-order valence-electron chi connectivity index (χ2n) is 3.51. The normalized spacial score (nSPS) is 9.76. The molecule has 0 fully saturated rings. The van der Waals surface area contributed by atoms with E-state index in [2.05, 4.69) is 5.32 Å². The molecule has 0 heterocycles. The van der Waals surface area contributed by atoms with Crippen molar-refractivity contribution in [2.45, 2.75) is 19.8 Å². The summed E-state index contributed by atoms with van der Waals surface area (Å²) >= 11 is 0. The van der Waals surface area contributed by atoms with Crippen LogP contribution in [0.1, 0.15) is 18.9 Å². The molecule has 0 aliphatic heterocycles. The zero-order chi connectivity index (χ0) is 12.8. The number of hydrogen-bond donors (Lipinski definition) is 2. The minimum absolute atomic E-state index is 0.498. The fourth-order valence-electron chi connectivity index (χ4n) is 1.40. The number of carboxylic acid groups (broad SMARTS) is 1. The fourth-order valence-corrected chi connectivity index (χ4v) is 1.40. The van der Waals surface area contributed by atoms with Crippen LogP contribution in [-0.4, -0.2) is 24.1 Å². The van der Waals surface area contributed by atoms with Crippen molar-refractivity contribution in [2.75, 3.05) is 12.4 Å². The summed E-state index contributed by atoms with van der Waals surface area (Å²) in [6.45, 7) is 1.99. The molecule has 1 amide bonds. The lowest BCUT2D eigenvalue weighted by Gasteiger charge is -2.10. The number of amides is 1. The number of rotatable bonds is 5. The zero-order valence-corrected chi connectivity index (χ0v) is 9.82. The third-order valence-corrected chi connectivity index (χ3v) is 2.26. The Morgan fingerprint density at radius 1 is 1.41 bits per heavy atom. The van der Waals surface area contributed by atoms with E-state index < -0.39 is 18.3 Å². The first-order chi connectivity index (χ1) is 8.06. The van der Waals surface area contributed by atoms with Crippen LogP contribution in [0.4, 0.5) is 5.69 Å². The molecular weight excluding hydrogens is 222 g/mol. The summed E-state index contributed by atoms with van der Waals surface area (Å²) in [6.07, 6.45) is 0.269. The minimum Gasteiger partial charge on any atom is -0.495 e. The molecular formula is C12H15NO4. The largest absolute Gasteiger partial charge is 0.495 e. The highest BCUT2D eigenvalue weighted by Gasteiger charge is 2.11. The van der Waals surface area contributed by atoms with Gasteiger partial charge in [-0.25, -0.2) is 0 Å². The predicted molar refractivity (Wildman–Crippen MR) is 63.3 cm³/mol. The lowest BCUT2D eigenvalue weighted by molar-refractivity contribution is -0.139. The summed E-state index contributed by atoms with van der Waals surface area (Å²) in [5.74, 6) is -1.21.